The highest BCUT2D eigenvalue weighted by molar-refractivity contribution is 6.09. The molecular weight excluding hydrogens is 278 g/mol. The van der Waals surface area contributed by atoms with Crippen LogP contribution in [0.1, 0.15) is 29.7 Å². The van der Waals surface area contributed by atoms with Gasteiger partial charge in [0.1, 0.15) is 0 Å². The van der Waals surface area contributed by atoms with Gasteiger partial charge in [0, 0.05) is 23.4 Å². The zero-order valence-electron chi connectivity index (χ0n) is 12.2. The van der Waals surface area contributed by atoms with Crippen molar-refractivity contribution in [3.05, 3.63) is 35.2 Å². The topological polar surface area (TPSA) is 81.2 Å². The standard InChI is InChI=1S/C17H17N3O2/c18-7-10(8-19)16-12-4-2-1-3-11(12)15-13(20-16)5-6-14-17(15)22-9-21-14/h5-8,18H,1-4,9,19H2/b10-8+,18-7?. The van der Waals surface area contributed by atoms with Gasteiger partial charge in [-0.2, -0.15) is 0 Å². The first-order valence-corrected chi connectivity index (χ1v) is 7.50. The minimum absolute atomic E-state index is 0.263. The van der Waals surface area contributed by atoms with Crippen molar-refractivity contribution in [2.75, 3.05) is 6.79 Å². The molecule has 2 aromatic rings. The second kappa shape index (κ2) is 5.02. The minimum Gasteiger partial charge on any atom is -0.454 e. The fourth-order valence-electron chi connectivity index (χ4n) is 3.41. The number of ether oxygens (including phenoxy) is 2. The molecular formula is C17H17N3O2. The normalized spacial score (nSPS) is 16.6. The molecule has 1 aliphatic carbocycles. The number of pyridine rings is 1. The van der Waals surface area contributed by atoms with Gasteiger partial charge in [-0.25, -0.2) is 4.98 Å². The van der Waals surface area contributed by atoms with E-state index in [1.54, 1.807) is 0 Å². The van der Waals surface area contributed by atoms with E-state index in [9.17, 15) is 0 Å². The van der Waals surface area contributed by atoms with Crippen molar-refractivity contribution in [3.63, 3.8) is 0 Å². The quantitative estimate of drug-likeness (QED) is 0.835. The van der Waals surface area contributed by atoms with Crippen molar-refractivity contribution in [3.8, 4) is 11.5 Å². The summed E-state index contributed by atoms with van der Waals surface area (Å²) in [6, 6.07) is 3.85. The Morgan fingerprint density at radius 2 is 2.00 bits per heavy atom. The van der Waals surface area contributed by atoms with Crippen molar-refractivity contribution in [1.82, 2.24) is 4.98 Å². The highest BCUT2D eigenvalue weighted by Gasteiger charge is 2.25. The lowest BCUT2D eigenvalue weighted by atomic mass is 9.86. The lowest BCUT2D eigenvalue weighted by Crippen LogP contribution is -2.10. The number of nitrogens with one attached hydrogen (secondary N) is 1. The highest BCUT2D eigenvalue weighted by Crippen LogP contribution is 2.43. The maximum absolute atomic E-state index is 7.59. The monoisotopic (exact) mass is 295 g/mol. The molecule has 112 valence electrons. The summed E-state index contributed by atoms with van der Waals surface area (Å²) in [6.07, 6.45) is 6.98. The number of benzene rings is 1. The molecule has 0 fully saturated rings. The molecule has 0 atom stereocenters. The molecule has 22 heavy (non-hydrogen) atoms. The molecule has 0 saturated carbocycles. The first-order chi connectivity index (χ1) is 10.8. The molecule has 0 spiro atoms. The lowest BCUT2D eigenvalue weighted by molar-refractivity contribution is 0.175. The Balaban J connectivity index is 2.09. The van der Waals surface area contributed by atoms with Crippen molar-refractivity contribution in [2.24, 2.45) is 5.73 Å². The van der Waals surface area contributed by atoms with E-state index in [1.807, 2.05) is 12.1 Å². The molecule has 1 aromatic heterocycles. The van der Waals surface area contributed by atoms with Crippen LogP contribution >= 0.6 is 0 Å². The van der Waals surface area contributed by atoms with Crippen LogP contribution in [0.4, 0.5) is 0 Å². The van der Waals surface area contributed by atoms with Crippen LogP contribution in [0.25, 0.3) is 16.5 Å². The van der Waals surface area contributed by atoms with E-state index in [-0.39, 0.29) is 6.79 Å². The molecule has 1 aliphatic heterocycles. The van der Waals surface area contributed by atoms with Crippen molar-refractivity contribution >= 4 is 22.7 Å². The SMILES string of the molecule is N=C/C(=C\N)c1nc2ccc3c(c2c2c1CCCC2)OCO3. The van der Waals surface area contributed by atoms with Gasteiger partial charge in [0.25, 0.3) is 0 Å². The van der Waals surface area contributed by atoms with Crippen LogP contribution in [-0.4, -0.2) is 18.0 Å². The summed E-state index contributed by atoms with van der Waals surface area (Å²) in [5.41, 5.74) is 10.5. The summed E-state index contributed by atoms with van der Waals surface area (Å²) in [7, 11) is 0. The van der Waals surface area contributed by atoms with Crippen LogP contribution < -0.4 is 15.2 Å². The fourth-order valence-corrected chi connectivity index (χ4v) is 3.41. The van der Waals surface area contributed by atoms with Crippen molar-refractivity contribution in [2.45, 2.75) is 25.7 Å². The van der Waals surface area contributed by atoms with E-state index >= 15 is 0 Å². The van der Waals surface area contributed by atoms with E-state index in [1.165, 1.54) is 23.5 Å². The van der Waals surface area contributed by atoms with Crippen LogP contribution in [0.15, 0.2) is 18.3 Å². The van der Waals surface area contributed by atoms with Gasteiger partial charge >= 0.3 is 0 Å². The fraction of sp³-hybridized carbons (Fsp3) is 0.294. The smallest absolute Gasteiger partial charge is 0.231 e. The molecule has 0 amide bonds. The molecule has 2 heterocycles. The predicted octanol–water partition coefficient (Wildman–Crippen LogP) is 2.79. The molecule has 0 unspecified atom stereocenters. The minimum atomic E-state index is 0.263. The van der Waals surface area contributed by atoms with Crippen LogP contribution in [0, 0.1) is 5.41 Å². The van der Waals surface area contributed by atoms with Gasteiger partial charge in [-0.1, -0.05) is 0 Å². The number of allylic oxidation sites excluding steroid dienone is 1. The second-order valence-electron chi connectivity index (χ2n) is 5.58. The Kier molecular flexibility index (Phi) is 2.99. The maximum Gasteiger partial charge on any atom is 0.231 e. The van der Waals surface area contributed by atoms with E-state index in [2.05, 4.69) is 0 Å². The Bertz CT molecular complexity index is 811. The Morgan fingerprint density at radius 1 is 1.18 bits per heavy atom. The van der Waals surface area contributed by atoms with Gasteiger partial charge in [0.15, 0.2) is 11.5 Å². The Labute approximate surface area is 128 Å². The largest absolute Gasteiger partial charge is 0.454 e. The number of rotatable bonds is 2. The van der Waals surface area contributed by atoms with E-state index in [0.29, 0.717) is 5.57 Å². The average molecular weight is 295 g/mol. The van der Waals surface area contributed by atoms with Gasteiger partial charge in [-0.3, -0.25) is 0 Å². The van der Waals surface area contributed by atoms with Crippen molar-refractivity contribution < 1.29 is 9.47 Å². The number of hydrogen-bond acceptors (Lipinski definition) is 5. The highest BCUT2D eigenvalue weighted by atomic mass is 16.7. The Hall–Kier alpha value is -2.56. The predicted molar refractivity (Wildman–Crippen MR) is 85.5 cm³/mol. The van der Waals surface area contributed by atoms with Crippen LogP contribution in [0.2, 0.25) is 0 Å². The number of fused-ring (bicyclic) bond motifs is 5. The third-order valence-corrected chi connectivity index (χ3v) is 4.41. The lowest BCUT2D eigenvalue weighted by Gasteiger charge is -2.22. The second-order valence-corrected chi connectivity index (χ2v) is 5.58. The number of nitrogens with two attached hydrogens (primary N) is 1. The molecule has 3 N–H and O–H groups in total. The van der Waals surface area contributed by atoms with Crippen LogP contribution in [0.5, 0.6) is 11.5 Å². The van der Waals surface area contributed by atoms with E-state index in [4.69, 9.17) is 25.6 Å². The summed E-state index contributed by atoms with van der Waals surface area (Å²) < 4.78 is 11.2. The van der Waals surface area contributed by atoms with Gasteiger partial charge in [-0.15, -0.1) is 0 Å². The molecule has 0 saturated heterocycles. The molecule has 0 radical (unpaired) electrons. The van der Waals surface area contributed by atoms with Crippen LogP contribution in [-0.2, 0) is 12.8 Å². The molecule has 0 bridgehead atoms. The summed E-state index contributed by atoms with van der Waals surface area (Å²) in [5, 5.41) is 8.65. The third-order valence-electron chi connectivity index (χ3n) is 4.41. The molecule has 2 aliphatic rings. The molecule has 5 heteroatoms. The average Bonchev–Trinajstić information content (AvgIpc) is 3.04. The summed E-state index contributed by atoms with van der Waals surface area (Å²) in [6.45, 7) is 0.263. The van der Waals surface area contributed by atoms with Gasteiger partial charge in [0.05, 0.1) is 11.2 Å². The molecule has 1 aromatic carbocycles. The first-order valence-electron chi connectivity index (χ1n) is 7.50. The van der Waals surface area contributed by atoms with E-state index < -0.39 is 0 Å². The Morgan fingerprint density at radius 3 is 2.77 bits per heavy atom. The van der Waals surface area contributed by atoms with Crippen LogP contribution in [0.3, 0.4) is 0 Å². The first kappa shape index (κ1) is 13.1. The third kappa shape index (κ3) is 1.78. The zero-order valence-corrected chi connectivity index (χ0v) is 12.2. The van der Waals surface area contributed by atoms with E-state index in [0.717, 1.165) is 53.8 Å². The number of nitrogens with zero attached hydrogens (tertiary/aromatic N) is 1. The summed E-state index contributed by atoms with van der Waals surface area (Å²) in [5.74, 6) is 1.60. The summed E-state index contributed by atoms with van der Waals surface area (Å²) in [4.78, 5) is 4.77. The zero-order chi connectivity index (χ0) is 15.1. The number of hydrogen-bond donors (Lipinski definition) is 2. The van der Waals surface area contributed by atoms with Gasteiger partial charge in [0.2, 0.25) is 6.79 Å². The van der Waals surface area contributed by atoms with Crippen molar-refractivity contribution in [1.29, 1.82) is 5.41 Å². The maximum atomic E-state index is 7.59. The van der Waals surface area contributed by atoms with Gasteiger partial charge < -0.3 is 20.6 Å². The number of aromatic nitrogens is 1. The summed E-state index contributed by atoms with van der Waals surface area (Å²) >= 11 is 0. The molecule has 5 nitrogen and oxygen atoms in total. The number of aryl methyl sites for hydroxylation is 1. The van der Waals surface area contributed by atoms with Gasteiger partial charge in [-0.05, 0) is 48.9 Å². The molecule has 4 rings (SSSR count).